The normalized spacial score (nSPS) is 55.1. The van der Waals surface area contributed by atoms with Gasteiger partial charge in [-0.3, -0.25) is 4.79 Å². The third kappa shape index (κ3) is 2.09. The van der Waals surface area contributed by atoms with Gasteiger partial charge in [-0.25, -0.2) is 0 Å². The summed E-state index contributed by atoms with van der Waals surface area (Å²) in [5.74, 6) is 0.453. The van der Waals surface area contributed by atoms with Crippen LogP contribution in [0.2, 0.25) is 0 Å². The number of carbonyl (C=O) groups is 1. The number of alkyl halides is 3. The average Bonchev–Trinajstić information content (AvgIpc) is 3.35. The van der Waals surface area contributed by atoms with E-state index in [1.807, 2.05) is 0 Å². The Morgan fingerprint density at radius 2 is 1.36 bits per heavy atom. The van der Waals surface area contributed by atoms with Gasteiger partial charge in [0.25, 0.3) is 0 Å². The Labute approximate surface area is 164 Å². The van der Waals surface area contributed by atoms with E-state index in [-0.39, 0.29) is 17.8 Å². The van der Waals surface area contributed by atoms with Crippen molar-refractivity contribution in [3.63, 3.8) is 0 Å². The van der Waals surface area contributed by atoms with Gasteiger partial charge in [-0.05, 0) is 99.2 Å². The van der Waals surface area contributed by atoms with Crippen LogP contribution in [0.5, 0.6) is 0 Å². The van der Waals surface area contributed by atoms with Crippen LogP contribution in [-0.2, 0) is 9.53 Å². The number of esters is 1. The van der Waals surface area contributed by atoms with Gasteiger partial charge in [-0.2, -0.15) is 13.2 Å². The molecule has 5 heteroatoms. The zero-order valence-electron chi connectivity index (χ0n) is 16.7. The maximum atomic E-state index is 14.2. The van der Waals surface area contributed by atoms with Crippen molar-refractivity contribution >= 4 is 5.97 Å². The fourth-order valence-corrected chi connectivity index (χ4v) is 9.41. The Morgan fingerprint density at radius 3 is 1.89 bits per heavy atom. The first-order valence-corrected chi connectivity index (χ1v) is 11.0. The van der Waals surface area contributed by atoms with E-state index in [1.165, 1.54) is 6.42 Å². The summed E-state index contributed by atoms with van der Waals surface area (Å²) in [4.78, 5) is 12.9. The lowest BCUT2D eigenvalue weighted by atomic mass is 9.57. The van der Waals surface area contributed by atoms with Crippen LogP contribution in [-0.4, -0.2) is 17.7 Å². The molecule has 0 aromatic carbocycles. The van der Waals surface area contributed by atoms with Crippen LogP contribution in [0.4, 0.5) is 13.2 Å². The molecule has 0 radical (unpaired) electrons. The lowest BCUT2D eigenvalue weighted by Crippen LogP contribution is -2.51. The monoisotopic (exact) mass is 394 g/mol. The van der Waals surface area contributed by atoms with Gasteiger partial charge < -0.3 is 4.74 Å². The summed E-state index contributed by atoms with van der Waals surface area (Å²) in [7, 11) is 0. The van der Waals surface area contributed by atoms with E-state index >= 15 is 0 Å². The van der Waals surface area contributed by atoms with E-state index in [1.54, 1.807) is 20.8 Å². The van der Waals surface area contributed by atoms with Crippen molar-refractivity contribution in [2.75, 3.05) is 0 Å². The van der Waals surface area contributed by atoms with Crippen molar-refractivity contribution in [2.45, 2.75) is 51.8 Å². The average molecular weight is 394 g/mol. The summed E-state index contributed by atoms with van der Waals surface area (Å²) in [6.45, 7) is 5.23. The number of allylic oxidation sites excluding steroid dienone is 2. The molecule has 0 aromatic heterocycles. The van der Waals surface area contributed by atoms with Gasteiger partial charge >= 0.3 is 12.1 Å². The highest BCUT2D eigenvalue weighted by molar-refractivity contribution is 5.75. The molecule has 6 rings (SSSR count). The van der Waals surface area contributed by atoms with E-state index in [0.29, 0.717) is 47.8 Å². The number of hydrogen-bond donors (Lipinski definition) is 0. The molecule has 154 valence electrons. The van der Waals surface area contributed by atoms with Gasteiger partial charge in [0.15, 0.2) is 0 Å². The van der Waals surface area contributed by atoms with E-state index in [4.69, 9.17) is 4.74 Å². The van der Waals surface area contributed by atoms with Gasteiger partial charge in [0, 0.05) is 0 Å². The highest BCUT2D eigenvalue weighted by Gasteiger charge is 2.76. The zero-order chi connectivity index (χ0) is 19.7. The summed E-state index contributed by atoms with van der Waals surface area (Å²) in [6.07, 6.45) is 3.31. The molecule has 0 aromatic rings. The van der Waals surface area contributed by atoms with E-state index in [9.17, 15) is 18.0 Å². The van der Waals surface area contributed by atoms with Gasteiger partial charge in [-0.1, -0.05) is 12.2 Å². The lowest BCUT2D eigenvalue weighted by Gasteiger charge is -2.48. The second-order valence-electron chi connectivity index (χ2n) is 11.5. The molecule has 28 heavy (non-hydrogen) atoms. The quantitative estimate of drug-likeness (QED) is 0.352. The summed E-state index contributed by atoms with van der Waals surface area (Å²) in [6, 6.07) is 0. The molecule has 6 aliphatic carbocycles. The minimum atomic E-state index is -4.32. The van der Waals surface area contributed by atoms with Crippen LogP contribution in [0.15, 0.2) is 12.2 Å². The molecule has 0 amide bonds. The van der Waals surface area contributed by atoms with Crippen LogP contribution in [0.25, 0.3) is 0 Å². The molecule has 0 spiro atoms. The Bertz CT molecular complexity index is 750. The minimum absolute atomic E-state index is 0.129. The number of hydrogen-bond acceptors (Lipinski definition) is 2. The molecule has 6 aliphatic rings. The fraction of sp³-hybridized carbons (Fsp3) is 0.870. The van der Waals surface area contributed by atoms with Gasteiger partial charge in [0.05, 0.1) is 11.8 Å². The molecule has 0 heterocycles. The number of rotatable bonds is 1. The molecule has 0 aliphatic heterocycles. The number of halogens is 3. The van der Waals surface area contributed by atoms with Crippen LogP contribution < -0.4 is 0 Å². The highest BCUT2D eigenvalue weighted by atomic mass is 19.4. The van der Waals surface area contributed by atoms with E-state index in [0.717, 1.165) is 6.42 Å². The SMILES string of the molecule is CC(C)(C)OC(=O)C1C2CC(C3C4CC(C5C6C=CC(C6)C45)C23)C1C(F)(F)F. The summed E-state index contributed by atoms with van der Waals surface area (Å²) < 4.78 is 48.0. The molecule has 12 atom stereocenters. The molecular formula is C23H29F3O2. The predicted octanol–water partition coefficient (Wildman–Crippen LogP) is 5.09. The van der Waals surface area contributed by atoms with Crippen LogP contribution in [0.3, 0.4) is 0 Å². The fourth-order valence-electron chi connectivity index (χ4n) is 9.41. The predicted molar refractivity (Wildman–Crippen MR) is 96.8 cm³/mol. The first-order valence-electron chi connectivity index (χ1n) is 11.0. The maximum Gasteiger partial charge on any atom is 0.392 e. The van der Waals surface area contributed by atoms with Crippen molar-refractivity contribution in [1.29, 1.82) is 0 Å². The molecular weight excluding hydrogens is 365 g/mol. The molecule has 5 saturated carbocycles. The zero-order valence-corrected chi connectivity index (χ0v) is 16.7. The molecule has 5 fully saturated rings. The molecule has 0 N–H and O–H groups in total. The Balaban J connectivity index is 1.36. The van der Waals surface area contributed by atoms with Gasteiger partial charge in [0.1, 0.15) is 5.60 Å². The van der Waals surface area contributed by atoms with Crippen LogP contribution in [0, 0.1) is 71.0 Å². The topological polar surface area (TPSA) is 26.3 Å². The van der Waals surface area contributed by atoms with Gasteiger partial charge in [0.2, 0.25) is 0 Å². The van der Waals surface area contributed by atoms with Crippen molar-refractivity contribution in [3.05, 3.63) is 12.2 Å². The molecule has 12 unspecified atom stereocenters. The summed E-state index contributed by atoms with van der Waals surface area (Å²) >= 11 is 0. The van der Waals surface area contributed by atoms with Crippen molar-refractivity contribution in [2.24, 2.45) is 71.0 Å². The third-order valence-electron chi connectivity index (χ3n) is 9.45. The first-order chi connectivity index (χ1) is 13.1. The first kappa shape index (κ1) is 17.8. The van der Waals surface area contributed by atoms with E-state index < -0.39 is 29.6 Å². The summed E-state index contributed by atoms with van der Waals surface area (Å²) in [5.41, 5.74) is -0.746. The lowest BCUT2D eigenvalue weighted by molar-refractivity contribution is -0.223. The van der Waals surface area contributed by atoms with Crippen LogP contribution >= 0.6 is 0 Å². The molecule has 2 nitrogen and oxygen atoms in total. The smallest absolute Gasteiger partial charge is 0.392 e. The number of carbonyl (C=O) groups excluding carboxylic acids is 1. The third-order valence-corrected chi connectivity index (χ3v) is 9.45. The standard InChI is InChI=1S/C23H29F3O2/c1-22(2,3)28-21(27)19-13-8-14(20(19)23(24,25)26)18-12-7-11(17(13)18)15-9-4-5-10(6-9)16(12)15/h4-5,9-20H,6-8H2,1-3H3. The van der Waals surface area contributed by atoms with E-state index in [2.05, 4.69) is 12.2 Å². The second-order valence-corrected chi connectivity index (χ2v) is 11.5. The largest absolute Gasteiger partial charge is 0.460 e. The molecule has 0 saturated heterocycles. The molecule has 6 bridgehead atoms. The van der Waals surface area contributed by atoms with Crippen molar-refractivity contribution in [1.82, 2.24) is 0 Å². The Kier molecular flexibility index (Phi) is 3.30. The maximum absolute atomic E-state index is 14.2. The highest BCUT2D eigenvalue weighted by Crippen LogP contribution is 2.78. The minimum Gasteiger partial charge on any atom is -0.460 e. The van der Waals surface area contributed by atoms with Gasteiger partial charge in [-0.15, -0.1) is 0 Å². The van der Waals surface area contributed by atoms with Crippen LogP contribution in [0.1, 0.15) is 40.0 Å². The Morgan fingerprint density at radius 1 is 0.821 bits per heavy atom. The number of fused-ring (bicyclic) bond motifs is 16. The second kappa shape index (κ2) is 5.18. The van der Waals surface area contributed by atoms with Crippen molar-refractivity contribution < 1.29 is 22.7 Å². The Hall–Kier alpha value is -1.00. The summed E-state index contributed by atoms with van der Waals surface area (Å²) in [5, 5.41) is 0. The van der Waals surface area contributed by atoms with Crippen molar-refractivity contribution in [3.8, 4) is 0 Å². The number of ether oxygens (including phenoxy) is 1.